The maximum atomic E-state index is 13.2. The van der Waals surface area contributed by atoms with Gasteiger partial charge in [-0.25, -0.2) is 4.98 Å². The third kappa shape index (κ3) is 4.10. The van der Waals surface area contributed by atoms with Crippen LogP contribution in [-0.2, 0) is 12.3 Å². The molecule has 0 radical (unpaired) electrons. The van der Waals surface area contributed by atoms with Crippen molar-refractivity contribution in [2.75, 3.05) is 0 Å². The van der Waals surface area contributed by atoms with Gasteiger partial charge < -0.3 is 4.52 Å². The van der Waals surface area contributed by atoms with Crippen molar-refractivity contribution in [2.24, 2.45) is 0 Å². The average Bonchev–Trinajstić information content (AvgIpc) is 3.30. The molecule has 0 aliphatic carbocycles. The molecule has 0 spiro atoms. The van der Waals surface area contributed by atoms with Gasteiger partial charge in [0, 0.05) is 18.0 Å². The number of benzene rings is 2. The molecule has 0 amide bonds. The van der Waals surface area contributed by atoms with Gasteiger partial charge in [0.05, 0.1) is 23.2 Å². The number of pyridine rings is 1. The Balaban J connectivity index is 1.47. The highest BCUT2D eigenvalue weighted by Gasteiger charge is 2.15. The SMILES string of the molecule is O=c1c2ccccc2nc(SCc2noc(-c3ccccc3)n2)n1Cc1cccnc1. The minimum atomic E-state index is -0.0879. The van der Waals surface area contributed by atoms with E-state index in [0.29, 0.717) is 40.1 Å². The zero-order valence-electron chi connectivity index (χ0n) is 16.4. The molecule has 2 aromatic carbocycles. The molecule has 31 heavy (non-hydrogen) atoms. The van der Waals surface area contributed by atoms with Crippen molar-refractivity contribution in [3.63, 3.8) is 0 Å². The van der Waals surface area contributed by atoms with Gasteiger partial charge in [-0.15, -0.1) is 0 Å². The summed E-state index contributed by atoms with van der Waals surface area (Å²) >= 11 is 1.40. The summed E-state index contributed by atoms with van der Waals surface area (Å²) in [5.41, 5.74) is 2.36. The summed E-state index contributed by atoms with van der Waals surface area (Å²) in [6.07, 6.45) is 3.46. The Morgan fingerprint density at radius 2 is 1.77 bits per heavy atom. The van der Waals surface area contributed by atoms with E-state index in [-0.39, 0.29) is 5.56 Å². The molecular formula is C23H17N5O2S. The molecule has 0 fully saturated rings. The molecular weight excluding hydrogens is 410 g/mol. The lowest BCUT2D eigenvalue weighted by Crippen LogP contribution is -2.24. The summed E-state index contributed by atoms with van der Waals surface area (Å²) in [5, 5.41) is 5.25. The van der Waals surface area contributed by atoms with Crippen LogP contribution in [0.4, 0.5) is 0 Å². The fourth-order valence-electron chi connectivity index (χ4n) is 3.21. The van der Waals surface area contributed by atoms with E-state index in [0.717, 1.165) is 11.1 Å². The van der Waals surface area contributed by atoms with Crippen LogP contribution in [0.5, 0.6) is 0 Å². The van der Waals surface area contributed by atoms with Crippen molar-refractivity contribution in [2.45, 2.75) is 17.5 Å². The Morgan fingerprint density at radius 3 is 2.61 bits per heavy atom. The number of hydrogen-bond acceptors (Lipinski definition) is 7. The molecule has 0 unspecified atom stereocenters. The summed E-state index contributed by atoms with van der Waals surface area (Å²) in [6.45, 7) is 0.383. The minimum Gasteiger partial charge on any atom is -0.334 e. The smallest absolute Gasteiger partial charge is 0.262 e. The monoisotopic (exact) mass is 427 g/mol. The van der Waals surface area contributed by atoms with Gasteiger partial charge in [0.15, 0.2) is 11.0 Å². The standard InChI is InChI=1S/C23H17N5O2S/c29-22-18-10-4-5-11-19(18)25-23(28(22)14-16-7-6-12-24-13-16)31-15-20-26-21(30-27-20)17-8-2-1-3-9-17/h1-13H,14-15H2. The molecule has 0 saturated heterocycles. The van der Waals surface area contributed by atoms with Crippen molar-refractivity contribution in [1.29, 1.82) is 0 Å². The third-order valence-electron chi connectivity index (χ3n) is 4.71. The number of aromatic nitrogens is 5. The lowest BCUT2D eigenvalue weighted by molar-refractivity contribution is 0.425. The van der Waals surface area contributed by atoms with Gasteiger partial charge in [0.2, 0.25) is 0 Å². The first-order valence-electron chi connectivity index (χ1n) is 9.67. The van der Waals surface area contributed by atoms with E-state index < -0.39 is 0 Å². The third-order valence-corrected chi connectivity index (χ3v) is 5.68. The van der Waals surface area contributed by atoms with Crippen LogP contribution in [0.3, 0.4) is 0 Å². The van der Waals surface area contributed by atoms with Crippen molar-refractivity contribution in [3.05, 3.63) is 101 Å². The number of nitrogens with zero attached hydrogens (tertiary/aromatic N) is 5. The molecule has 8 heteroatoms. The molecule has 0 N–H and O–H groups in total. The summed E-state index contributed by atoms with van der Waals surface area (Å²) in [7, 11) is 0. The van der Waals surface area contributed by atoms with Crippen molar-refractivity contribution in [1.82, 2.24) is 24.7 Å². The van der Waals surface area contributed by atoms with Crippen LogP contribution in [-0.4, -0.2) is 24.7 Å². The molecule has 5 rings (SSSR count). The van der Waals surface area contributed by atoms with Crippen LogP contribution in [0, 0.1) is 0 Å². The normalized spacial score (nSPS) is 11.1. The molecule has 3 aromatic heterocycles. The Kier molecular flexibility index (Phi) is 5.28. The summed E-state index contributed by atoms with van der Waals surface area (Å²) in [5.74, 6) is 1.43. The van der Waals surface area contributed by atoms with Gasteiger partial charge in [0.1, 0.15) is 0 Å². The highest BCUT2D eigenvalue weighted by molar-refractivity contribution is 7.98. The quantitative estimate of drug-likeness (QED) is 0.297. The number of thioether (sulfide) groups is 1. The molecule has 0 aliphatic rings. The van der Waals surface area contributed by atoms with Gasteiger partial charge in [-0.3, -0.25) is 14.3 Å². The zero-order chi connectivity index (χ0) is 21.0. The first kappa shape index (κ1) is 19.2. The average molecular weight is 427 g/mol. The largest absolute Gasteiger partial charge is 0.334 e. The summed E-state index contributed by atoms with van der Waals surface area (Å²) in [4.78, 5) is 26.5. The molecule has 0 aliphatic heterocycles. The lowest BCUT2D eigenvalue weighted by Gasteiger charge is -2.12. The van der Waals surface area contributed by atoms with Crippen LogP contribution in [0.15, 0.2) is 93.6 Å². The molecule has 0 atom stereocenters. The van der Waals surface area contributed by atoms with Crippen LogP contribution in [0.2, 0.25) is 0 Å². The Morgan fingerprint density at radius 1 is 0.935 bits per heavy atom. The fraction of sp³-hybridized carbons (Fsp3) is 0.0870. The van der Waals surface area contributed by atoms with Gasteiger partial charge in [-0.05, 0) is 35.9 Å². The van der Waals surface area contributed by atoms with Crippen LogP contribution < -0.4 is 5.56 Å². The van der Waals surface area contributed by atoms with Crippen LogP contribution in [0.25, 0.3) is 22.4 Å². The van der Waals surface area contributed by atoms with Crippen molar-refractivity contribution in [3.8, 4) is 11.5 Å². The van der Waals surface area contributed by atoms with E-state index in [4.69, 9.17) is 9.51 Å². The maximum absolute atomic E-state index is 13.2. The van der Waals surface area contributed by atoms with E-state index in [1.807, 2.05) is 60.7 Å². The maximum Gasteiger partial charge on any atom is 0.262 e. The van der Waals surface area contributed by atoms with E-state index in [2.05, 4.69) is 15.1 Å². The summed E-state index contributed by atoms with van der Waals surface area (Å²) in [6, 6.07) is 20.8. The van der Waals surface area contributed by atoms with E-state index in [1.54, 1.807) is 23.0 Å². The minimum absolute atomic E-state index is 0.0879. The second-order valence-electron chi connectivity index (χ2n) is 6.83. The Bertz CT molecular complexity index is 1380. The Hall–Kier alpha value is -3.78. The zero-order valence-corrected chi connectivity index (χ0v) is 17.2. The van der Waals surface area contributed by atoms with Gasteiger partial charge >= 0.3 is 0 Å². The van der Waals surface area contributed by atoms with Gasteiger partial charge in [-0.1, -0.05) is 53.3 Å². The van der Waals surface area contributed by atoms with Gasteiger partial charge in [0.25, 0.3) is 11.4 Å². The fourth-order valence-corrected chi connectivity index (χ4v) is 4.05. The van der Waals surface area contributed by atoms with E-state index >= 15 is 0 Å². The second-order valence-corrected chi connectivity index (χ2v) is 7.78. The predicted molar refractivity (Wildman–Crippen MR) is 119 cm³/mol. The molecule has 0 saturated carbocycles. The highest BCUT2D eigenvalue weighted by Crippen LogP contribution is 2.23. The topological polar surface area (TPSA) is 86.7 Å². The van der Waals surface area contributed by atoms with Crippen LogP contribution >= 0.6 is 11.8 Å². The van der Waals surface area contributed by atoms with E-state index in [1.165, 1.54) is 11.8 Å². The number of hydrogen-bond donors (Lipinski definition) is 0. The molecule has 3 heterocycles. The number of para-hydroxylation sites is 1. The lowest BCUT2D eigenvalue weighted by atomic mass is 10.2. The first-order chi connectivity index (χ1) is 15.3. The first-order valence-corrected chi connectivity index (χ1v) is 10.7. The second kappa shape index (κ2) is 8.53. The van der Waals surface area contributed by atoms with E-state index in [9.17, 15) is 4.79 Å². The summed E-state index contributed by atoms with van der Waals surface area (Å²) < 4.78 is 7.06. The molecule has 0 bridgehead atoms. The van der Waals surface area contributed by atoms with Crippen molar-refractivity contribution >= 4 is 22.7 Å². The Labute approximate surface area is 181 Å². The number of rotatable bonds is 6. The van der Waals surface area contributed by atoms with Crippen molar-refractivity contribution < 1.29 is 4.52 Å². The predicted octanol–water partition coefficient (Wildman–Crippen LogP) is 4.18. The highest BCUT2D eigenvalue weighted by atomic mass is 32.2. The van der Waals surface area contributed by atoms with Gasteiger partial charge in [-0.2, -0.15) is 4.98 Å². The molecule has 152 valence electrons. The van der Waals surface area contributed by atoms with Crippen LogP contribution in [0.1, 0.15) is 11.4 Å². The molecule has 5 aromatic rings. The molecule has 7 nitrogen and oxygen atoms in total. The number of fused-ring (bicyclic) bond motifs is 1.